The third-order valence-electron chi connectivity index (χ3n) is 3.83. The fraction of sp³-hybridized carbons (Fsp3) is 0.400. The Morgan fingerprint density at radius 3 is 2.43 bits per heavy atom. The minimum absolute atomic E-state index is 0.215. The molecule has 2 atom stereocenters. The van der Waals surface area contributed by atoms with E-state index in [2.05, 4.69) is 0 Å². The van der Waals surface area contributed by atoms with E-state index in [1.54, 1.807) is 19.1 Å². The van der Waals surface area contributed by atoms with Gasteiger partial charge < -0.3 is 9.57 Å². The second-order valence-electron chi connectivity index (χ2n) is 5.20. The molecule has 0 N–H and O–H groups in total. The number of rotatable bonds is 3. The van der Waals surface area contributed by atoms with Crippen LogP contribution in [-0.2, 0) is 14.4 Å². The molecule has 0 bridgehead atoms. The molecule has 21 heavy (non-hydrogen) atoms. The smallest absolute Gasteiger partial charge is 0.338 e. The van der Waals surface area contributed by atoms with Crippen LogP contribution in [0.2, 0.25) is 0 Å². The van der Waals surface area contributed by atoms with Crippen molar-refractivity contribution in [3.05, 3.63) is 35.4 Å². The summed E-state index contributed by atoms with van der Waals surface area (Å²) >= 11 is 0. The van der Waals surface area contributed by atoms with Crippen molar-refractivity contribution < 1.29 is 24.0 Å². The van der Waals surface area contributed by atoms with Gasteiger partial charge in [-0.3, -0.25) is 9.59 Å². The molecule has 0 spiro atoms. The van der Waals surface area contributed by atoms with Crippen molar-refractivity contribution in [3.63, 3.8) is 0 Å². The number of fused-ring (bicyclic) bond motifs is 1. The molecule has 1 aromatic rings. The number of carbonyl (C=O) groups excluding carboxylic acids is 3. The zero-order valence-corrected chi connectivity index (χ0v) is 11.6. The van der Waals surface area contributed by atoms with E-state index in [0.717, 1.165) is 12.8 Å². The summed E-state index contributed by atoms with van der Waals surface area (Å²) in [6.07, 6.45) is 1.46. The Morgan fingerprint density at radius 2 is 1.90 bits per heavy atom. The molecule has 3 rings (SSSR count). The Kier molecular flexibility index (Phi) is 3.47. The van der Waals surface area contributed by atoms with E-state index in [-0.39, 0.29) is 17.2 Å². The molecule has 1 fully saturated rings. The molecule has 6 heteroatoms. The number of hydrogen-bond donors (Lipinski definition) is 0. The highest BCUT2D eigenvalue weighted by molar-refractivity contribution is 6.20. The molecule has 0 saturated carbocycles. The second kappa shape index (κ2) is 5.29. The van der Waals surface area contributed by atoms with Gasteiger partial charge in [0.25, 0.3) is 11.8 Å². The van der Waals surface area contributed by atoms with Crippen molar-refractivity contribution in [1.29, 1.82) is 0 Å². The Hall–Kier alpha value is -2.21. The summed E-state index contributed by atoms with van der Waals surface area (Å²) in [6, 6.07) is 6.38. The number of hydroxylamine groups is 2. The molecule has 0 radical (unpaired) electrons. The van der Waals surface area contributed by atoms with Crippen LogP contribution in [0.1, 0.15) is 40.5 Å². The molecule has 2 aliphatic rings. The molecule has 6 nitrogen and oxygen atoms in total. The van der Waals surface area contributed by atoms with Crippen LogP contribution < -0.4 is 0 Å². The molecular weight excluding hydrogens is 274 g/mol. The zero-order valence-electron chi connectivity index (χ0n) is 11.6. The fourth-order valence-electron chi connectivity index (χ4n) is 2.57. The van der Waals surface area contributed by atoms with Crippen LogP contribution in [-0.4, -0.2) is 35.6 Å². The maximum atomic E-state index is 12.1. The maximum Gasteiger partial charge on any atom is 0.338 e. The Balaban J connectivity index is 1.73. The van der Waals surface area contributed by atoms with Crippen LogP contribution in [0.25, 0.3) is 0 Å². The number of imide groups is 1. The van der Waals surface area contributed by atoms with Gasteiger partial charge in [-0.15, -0.1) is 0 Å². The lowest BCUT2D eigenvalue weighted by molar-refractivity contribution is -0.177. The monoisotopic (exact) mass is 289 g/mol. The largest absolute Gasteiger partial charge is 0.377 e. The summed E-state index contributed by atoms with van der Waals surface area (Å²) in [4.78, 5) is 41.3. The highest BCUT2D eigenvalue weighted by atomic mass is 16.7. The van der Waals surface area contributed by atoms with Crippen molar-refractivity contribution in [3.8, 4) is 0 Å². The lowest BCUT2D eigenvalue weighted by atomic mass is 10.0. The van der Waals surface area contributed by atoms with Crippen LogP contribution in [0, 0.1) is 5.92 Å². The van der Waals surface area contributed by atoms with Crippen molar-refractivity contribution in [2.24, 2.45) is 5.92 Å². The first-order valence-electron chi connectivity index (χ1n) is 6.91. The summed E-state index contributed by atoms with van der Waals surface area (Å²) in [5.74, 6) is -2.36. The van der Waals surface area contributed by atoms with Crippen molar-refractivity contribution >= 4 is 17.8 Å². The van der Waals surface area contributed by atoms with Gasteiger partial charge in [-0.25, -0.2) is 4.79 Å². The van der Waals surface area contributed by atoms with Gasteiger partial charge >= 0.3 is 5.97 Å². The normalized spacial score (nSPS) is 22.3. The van der Waals surface area contributed by atoms with Gasteiger partial charge in [0.15, 0.2) is 0 Å². The van der Waals surface area contributed by atoms with Crippen molar-refractivity contribution in [2.75, 3.05) is 6.61 Å². The Labute approximate surface area is 121 Å². The minimum Gasteiger partial charge on any atom is -0.377 e. The molecule has 0 aliphatic carbocycles. The quantitative estimate of drug-likeness (QED) is 0.789. The van der Waals surface area contributed by atoms with E-state index in [4.69, 9.17) is 9.57 Å². The minimum atomic E-state index is -0.628. The number of carbonyl (C=O) groups is 3. The van der Waals surface area contributed by atoms with E-state index in [9.17, 15) is 14.4 Å². The van der Waals surface area contributed by atoms with E-state index >= 15 is 0 Å². The average Bonchev–Trinajstić information content (AvgIpc) is 3.11. The van der Waals surface area contributed by atoms with Gasteiger partial charge in [0, 0.05) is 6.61 Å². The van der Waals surface area contributed by atoms with E-state index in [0.29, 0.717) is 11.7 Å². The van der Waals surface area contributed by atoms with Crippen LogP contribution >= 0.6 is 0 Å². The number of benzene rings is 1. The molecule has 2 unspecified atom stereocenters. The predicted molar refractivity (Wildman–Crippen MR) is 71.2 cm³/mol. The summed E-state index contributed by atoms with van der Waals surface area (Å²) in [5.41, 5.74) is 0.500. The highest BCUT2D eigenvalue weighted by Crippen LogP contribution is 2.25. The first-order valence-corrected chi connectivity index (χ1v) is 6.91. The third kappa shape index (κ3) is 2.31. The first kappa shape index (κ1) is 13.8. The van der Waals surface area contributed by atoms with E-state index in [1.807, 2.05) is 0 Å². The highest BCUT2D eigenvalue weighted by Gasteiger charge is 2.40. The van der Waals surface area contributed by atoms with Gasteiger partial charge in [0.2, 0.25) is 0 Å². The third-order valence-corrected chi connectivity index (χ3v) is 3.83. The molecule has 2 heterocycles. The summed E-state index contributed by atoms with van der Waals surface area (Å²) in [5, 5.41) is 0.540. The lowest BCUT2D eigenvalue weighted by Crippen LogP contribution is -2.37. The predicted octanol–water partition coefficient (Wildman–Crippen LogP) is 1.56. The van der Waals surface area contributed by atoms with Crippen molar-refractivity contribution in [1.82, 2.24) is 5.06 Å². The Bertz CT molecular complexity index is 571. The number of hydrogen-bond acceptors (Lipinski definition) is 5. The molecular formula is C15H15NO5. The molecule has 1 saturated heterocycles. The van der Waals surface area contributed by atoms with Gasteiger partial charge in [-0.2, -0.15) is 0 Å². The number of ether oxygens (including phenoxy) is 1. The SMILES string of the molecule is CC(C(=O)ON1C(=O)c2ccccc2C1=O)C1CCCO1. The van der Waals surface area contributed by atoms with Gasteiger partial charge in [-0.1, -0.05) is 17.2 Å². The molecule has 2 aliphatic heterocycles. The second-order valence-corrected chi connectivity index (χ2v) is 5.20. The van der Waals surface area contributed by atoms with E-state index < -0.39 is 23.7 Å². The van der Waals surface area contributed by atoms with Crippen LogP contribution in [0.4, 0.5) is 0 Å². The van der Waals surface area contributed by atoms with Crippen LogP contribution in [0.15, 0.2) is 24.3 Å². The van der Waals surface area contributed by atoms with Crippen LogP contribution in [0.3, 0.4) is 0 Å². The lowest BCUT2D eigenvalue weighted by Gasteiger charge is -2.19. The Morgan fingerprint density at radius 1 is 1.29 bits per heavy atom. The van der Waals surface area contributed by atoms with Crippen LogP contribution in [0.5, 0.6) is 0 Å². The molecule has 0 aromatic heterocycles. The summed E-state index contributed by atoms with van der Waals surface area (Å²) in [6.45, 7) is 2.30. The standard InChI is InChI=1S/C15H15NO5/c1-9(12-7-4-8-20-12)15(19)21-16-13(17)10-5-2-3-6-11(10)14(16)18/h2-3,5-6,9,12H,4,7-8H2,1H3. The number of amides is 2. The molecule has 110 valence electrons. The molecule has 2 amide bonds. The topological polar surface area (TPSA) is 72.9 Å². The molecule has 1 aromatic carbocycles. The van der Waals surface area contributed by atoms with Gasteiger partial charge in [0.1, 0.15) is 0 Å². The zero-order chi connectivity index (χ0) is 15.0. The van der Waals surface area contributed by atoms with Gasteiger partial charge in [-0.05, 0) is 31.9 Å². The number of nitrogens with zero attached hydrogens (tertiary/aromatic N) is 1. The fourth-order valence-corrected chi connectivity index (χ4v) is 2.57. The van der Waals surface area contributed by atoms with Gasteiger partial charge in [0.05, 0.1) is 23.1 Å². The van der Waals surface area contributed by atoms with Crippen molar-refractivity contribution in [2.45, 2.75) is 25.9 Å². The first-order chi connectivity index (χ1) is 10.1. The van der Waals surface area contributed by atoms with E-state index in [1.165, 1.54) is 12.1 Å². The summed E-state index contributed by atoms with van der Waals surface area (Å²) < 4.78 is 5.43. The summed E-state index contributed by atoms with van der Waals surface area (Å²) in [7, 11) is 0. The maximum absolute atomic E-state index is 12.1. The average molecular weight is 289 g/mol.